The summed E-state index contributed by atoms with van der Waals surface area (Å²) in [4.78, 5) is 12.3. The Labute approximate surface area is 125 Å². The van der Waals surface area contributed by atoms with Crippen molar-refractivity contribution in [3.05, 3.63) is 24.3 Å². The van der Waals surface area contributed by atoms with E-state index in [4.69, 9.17) is 5.73 Å². The Hall–Kier alpha value is -1.21. The highest BCUT2D eigenvalue weighted by atomic mass is 32.2. The fourth-order valence-corrected chi connectivity index (χ4v) is 3.07. The lowest BCUT2D eigenvalue weighted by atomic mass is 9.82. The molecule has 1 saturated carbocycles. The third kappa shape index (κ3) is 4.38. The number of anilines is 1. The van der Waals surface area contributed by atoms with Crippen LogP contribution in [0.4, 0.5) is 18.9 Å². The predicted molar refractivity (Wildman–Crippen MR) is 77.0 cm³/mol. The van der Waals surface area contributed by atoms with Gasteiger partial charge < -0.3 is 11.1 Å². The number of carbonyl (C=O) groups excluding carboxylic acids is 1. The van der Waals surface area contributed by atoms with Gasteiger partial charge in [-0.25, -0.2) is 0 Å². The van der Waals surface area contributed by atoms with E-state index in [0.717, 1.165) is 19.3 Å². The van der Waals surface area contributed by atoms with E-state index in [-0.39, 0.29) is 22.3 Å². The van der Waals surface area contributed by atoms with Crippen LogP contribution >= 0.6 is 11.8 Å². The Morgan fingerprint density at radius 3 is 2.43 bits per heavy atom. The molecule has 2 rings (SSSR count). The minimum atomic E-state index is -4.40. The highest BCUT2D eigenvalue weighted by Crippen LogP contribution is 2.40. The Balaban J connectivity index is 2.14. The average molecular weight is 318 g/mol. The van der Waals surface area contributed by atoms with E-state index in [2.05, 4.69) is 5.32 Å². The maximum atomic E-state index is 12.5. The topological polar surface area (TPSA) is 55.1 Å². The summed E-state index contributed by atoms with van der Waals surface area (Å²) in [7, 11) is 0. The first-order valence-electron chi connectivity index (χ1n) is 6.75. The highest BCUT2D eigenvalue weighted by molar-refractivity contribution is 8.00. The second kappa shape index (κ2) is 6.27. The van der Waals surface area contributed by atoms with Crippen molar-refractivity contribution >= 4 is 23.4 Å². The predicted octanol–water partition coefficient (Wildman–Crippen LogP) is 3.90. The number of para-hydroxylation sites is 1. The number of hydrogen-bond donors (Lipinski definition) is 2. The monoisotopic (exact) mass is 318 g/mol. The molecule has 0 radical (unpaired) electrons. The molecule has 3 N–H and O–H groups in total. The molecule has 0 bridgehead atoms. The van der Waals surface area contributed by atoms with Crippen LogP contribution in [0.2, 0.25) is 0 Å². The van der Waals surface area contributed by atoms with Crippen LogP contribution < -0.4 is 11.1 Å². The number of alkyl halides is 3. The molecule has 0 spiro atoms. The van der Waals surface area contributed by atoms with Crippen molar-refractivity contribution < 1.29 is 18.0 Å². The van der Waals surface area contributed by atoms with E-state index in [1.54, 1.807) is 6.07 Å². The molecular weight excluding hydrogens is 301 g/mol. The molecule has 1 amide bonds. The number of halogens is 3. The molecule has 0 saturated heterocycles. The van der Waals surface area contributed by atoms with E-state index in [0.29, 0.717) is 12.8 Å². The number of nitrogens with one attached hydrogen (secondary N) is 1. The van der Waals surface area contributed by atoms with Crippen LogP contribution in [0.1, 0.15) is 32.1 Å². The molecule has 0 atom stereocenters. The Bertz CT molecular complexity index is 513. The van der Waals surface area contributed by atoms with Gasteiger partial charge in [0.2, 0.25) is 5.91 Å². The molecule has 1 aromatic carbocycles. The van der Waals surface area contributed by atoms with Crippen molar-refractivity contribution in [1.82, 2.24) is 0 Å². The van der Waals surface area contributed by atoms with Gasteiger partial charge in [0.25, 0.3) is 0 Å². The van der Waals surface area contributed by atoms with E-state index in [1.165, 1.54) is 18.2 Å². The van der Waals surface area contributed by atoms with Crippen molar-refractivity contribution in [3.8, 4) is 0 Å². The summed E-state index contributed by atoms with van der Waals surface area (Å²) >= 11 is -0.241. The van der Waals surface area contributed by atoms with Gasteiger partial charge in [-0.05, 0) is 36.7 Å². The van der Waals surface area contributed by atoms with Crippen molar-refractivity contribution in [2.75, 3.05) is 5.32 Å². The number of thioether (sulfide) groups is 1. The zero-order valence-corrected chi connectivity index (χ0v) is 12.2. The Morgan fingerprint density at radius 1 is 1.19 bits per heavy atom. The van der Waals surface area contributed by atoms with Gasteiger partial charge in [-0.2, -0.15) is 13.2 Å². The van der Waals surface area contributed by atoms with Gasteiger partial charge in [0, 0.05) is 4.90 Å². The van der Waals surface area contributed by atoms with E-state index >= 15 is 0 Å². The molecule has 0 aliphatic heterocycles. The summed E-state index contributed by atoms with van der Waals surface area (Å²) in [5.41, 5.74) is 0.865. The molecule has 21 heavy (non-hydrogen) atoms. The van der Waals surface area contributed by atoms with Crippen molar-refractivity contribution in [1.29, 1.82) is 0 Å². The van der Waals surface area contributed by atoms with E-state index < -0.39 is 17.0 Å². The van der Waals surface area contributed by atoms with Gasteiger partial charge in [-0.3, -0.25) is 4.79 Å². The highest BCUT2D eigenvalue weighted by Gasteiger charge is 2.36. The van der Waals surface area contributed by atoms with Gasteiger partial charge in [-0.1, -0.05) is 31.4 Å². The number of hydrogen-bond acceptors (Lipinski definition) is 3. The molecule has 116 valence electrons. The zero-order chi connectivity index (χ0) is 15.5. The minimum absolute atomic E-state index is 0.0299. The van der Waals surface area contributed by atoms with Crippen molar-refractivity contribution in [2.45, 2.75) is 48.0 Å². The number of carbonyl (C=O) groups is 1. The van der Waals surface area contributed by atoms with Crippen LogP contribution in [0.25, 0.3) is 0 Å². The first kappa shape index (κ1) is 16.2. The normalized spacial score (nSPS) is 18.3. The van der Waals surface area contributed by atoms with Crippen LogP contribution in [0.3, 0.4) is 0 Å². The number of nitrogens with two attached hydrogens (primary N) is 1. The lowest BCUT2D eigenvalue weighted by Crippen LogP contribution is -2.52. The molecule has 1 aliphatic rings. The van der Waals surface area contributed by atoms with Gasteiger partial charge in [0.05, 0.1) is 11.2 Å². The maximum Gasteiger partial charge on any atom is 0.446 e. The summed E-state index contributed by atoms with van der Waals surface area (Å²) in [6, 6.07) is 5.87. The first-order chi connectivity index (χ1) is 9.80. The first-order valence-corrected chi connectivity index (χ1v) is 7.57. The third-order valence-corrected chi connectivity index (χ3v) is 4.37. The van der Waals surface area contributed by atoms with Crippen LogP contribution in [-0.2, 0) is 4.79 Å². The van der Waals surface area contributed by atoms with Crippen LogP contribution in [0, 0.1) is 0 Å². The molecule has 0 aromatic heterocycles. The number of rotatable bonds is 3. The lowest BCUT2D eigenvalue weighted by Gasteiger charge is -2.32. The Morgan fingerprint density at radius 2 is 1.81 bits per heavy atom. The summed E-state index contributed by atoms with van der Waals surface area (Å²) < 4.78 is 37.5. The summed E-state index contributed by atoms with van der Waals surface area (Å²) in [5, 5.41) is 2.56. The number of amides is 1. The molecule has 0 heterocycles. The number of benzene rings is 1. The SMILES string of the molecule is NC1(C(=O)Nc2ccccc2SC(F)(F)F)CCCCC1. The van der Waals surface area contributed by atoms with Crippen molar-refractivity contribution in [2.24, 2.45) is 5.73 Å². The van der Waals surface area contributed by atoms with Crippen molar-refractivity contribution in [3.63, 3.8) is 0 Å². The van der Waals surface area contributed by atoms with Gasteiger partial charge in [0.1, 0.15) is 0 Å². The fraction of sp³-hybridized carbons (Fsp3) is 0.500. The molecular formula is C14H17F3N2OS. The minimum Gasteiger partial charge on any atom is -0.323 e. The van der Waals surface area contributed by atoms with Crippen LogP contribution in [-0.4, -0.2) is 17.0 Å². The molecule has 1 aromatic rings. The van der Waals surface area contributed by atoms with Crippen LogP contribution in [0.15, 0.2) is 29.2 Å². The average Bonchev–Trinajstić information content (AvgIpc) is 2.40. The van der Waals surface area contributed by atoms with Gasteiger partial charge >= 0.3 is 5.51 Å². The van der Waals surface area contributed by atoms with Crippen LogP contribution in [0.5, 0.6) is 0 Å². The smallest absolute Gasteiger partial charge is 0.323 e. The summed E-state index contributed by atoms with van der Waals surface area (Å²) in [6.45, 7) is 0. The van der Waals surface area contributed by atoms with E-state index in [9.17, 15) is 18.0 Å². The second-order valence-corrected chi connectivity index (χ2v) is 6.32. The molecule has 3 nitrogen and oxygen atoms in total. The second-order valence-electron chi connectivity index (χ2n) is 5.21. The quantitative estimate of drug-likeness (QED) is 0.831. The standard InChI is InChI=1S/C14H17F3N2OS/c15-14(16,17)21-11-7-3-2-6-10(11)19-12(20)13(18)8-4-1-5-9-13/h2-3,6-7H,1,4-5,8-9,18H2,(H,19,20). The van der Waals surface area contributed by atoms with E-state index in [1.807, 2.05) is 0 Å². The maximum absolute atomic E-state index is 12.5. The zero-order valence-electron chi connectivity index (χ0n) is 11.4. The molecule has 1 aliphatic carbocycles. The lowest BCUT2D eigenvalue weighted by molar-refractivity contribution is -0.122. The largest absolute Gasteiger partial charge is 0.446 e. The third-order valence-electron chi connectivity index (χ3n) is 3.56. The molecule has 1 fully saturated rings. The summed E-state index contributed by atoms with van der Waals surface area (Å²) in [6.07, 6.45) is 3.89. The van der Waals surface area contributed by atoms with Gasteiger partial charge in [-0.15, -0.1) is 0 Å². The van der Waals surface area contributed by atoms with Gasteiger partial charge in [0.15, 0.2) is 0 Å². The molecule has 0 unspecified atom stereocenters. The Kier molecular flexibility index (Phi) is 4.83. The summed E-state index contributed by atoms with van der Waals surface area (Å²) in [5.74, 6) is -0.405. The molecule has 7 heteroatoms. The fourth-order valence-electron chi connectivity index (χ4n) is 2.44.